The summed E-state index contributed by atoms with van der Waals surface area (Å²) >= 11 is 0. The third kappa shape index (κ3) is 4.63. The van der Waals surface area contributed by atoms with Gasteiger partial charge >= 0.3 is 0 Å². The maximum atomic E-state index is 14.9. The molecular formula is C43H29N5O2. The van der Waals surface area contributed by atoms with Crippen molar-refractivity contribution < 1.29 is 9.59 Å². The fourth-order valence-corrected chi connectivity index (χ4v) is 7.18. The zero-order valence-electron chi connectivity index (χ0n) is 27.3. The highest BCUT2D eigenvalue weighted by atomic mass is 16.2. The molecule has 7 nitrogen and oxygen atoms in total. The molecule has 0 N–H and O–H groups in total. The summed E-state index contributed by atoms with van der Waals surface area (Å²) in [4.78, 5) is 44.3. The van der Waals surface area contributed by atoms with Crippen LogP contribution in [0.5, 0.6) is 0 Å². The van der Waals surface area contributed by atoms with E-state index < -0.39 is 0 Å². The number of hydrogen-bond acceptors (Lipinski definition) is 5. The third-order valence-corrected chi connectivity index (χ3v) is 9.36. The molecule has 1 aliphatic rings. The van der Waals surface area contributed by atoms with E-state index in [-0.39, 0.29) is 11.8 Å². The molecule has 50 heavy (non-hydrogen) atoms. The summed E-state index contributed by atoms with van der Waals surface area (Å²) in [5.41, 5.74) is 8.15. The molecule has 0 saturated heterocycles. The second-order valence-corrected chi connectivity index (χ2v) is 12.4. The molecule has 0 spiro atoms. The molecule has 0 bridgehead atoms. The Bertz CT molecular complexity index is 2640. The number of rotatable bonds is 5. The first-order valence-corrected chi connectivity index (χ1v) is 16.5. The van der Waals surface area contributed by atoms with E-state index in [1.165, 1.54) is 4.90 Å². The molecule has 3 heterocycles. The summed E-state index contributed by atoms with van der Waals surface area (Å²) in [6.07, 6.45) is 0. The Hall–Kier alpha value is -6.73. The van der Waals surface area contributed by atoms with Gasteiger partial charge in [-0.3, -0.25) is 9.59 Å². The van der Waals surface area contributed by atoms with Crippen LogP contribution in [0.2, 0.25) is 0 Å². The van der Waals surface area contributed by atoms with E-state index in [0.717, 1.165) is 49.6 Å². The molecule has 7 heteroatoms. The second kappa shape index (κ2) is 11.5. The first-order valence-electron chi connectivity index (χ1n) is 16.5. The number of carbonyl (C=O) groups excluding carboxylic acids is 2. The Kier molecular flexibility index (Phi) is 6.74. The molecule has 0 fully saturated rings. The van der Waals surface area contributed by atoms with Crippen molar-refractivity contribution in [2.75, 3.05) is 4.90 Å². The number of nitrogens with zero attached hydrogens (tertiary/aromatic N) is 5. The predicted molar refractivity (Wildman–Crippen MR) is 198 cm³/mol. The van der Waals surface area contributed by atoms with Crippen molar-refractivity contribution in [2.45, 2.75) is 13.8 Å². The van der Waals surface area contributed by atoms with Gasteiger partial charge in [-0.25, -0.2) is 19.9 Å². The van der Waals surface area contributed by atoms with Crippen molar-refractivity contribution in [2.24, 2.45) is 0 Å². The lowest BCUT2D eigenvalue weighted by molar-refractivity contribution is 0.0926. The van der Waals surface area contributed by atoms with Gasteiger partial charge < -0.3 is 4.57 Å². The van der Waals surface area contributed by atoms with Crippen LogP contribution < -0.4 is 4.90 Å². The van der Waals surface area contributed by atoms with Crippen LogP contribution in [0.25, 0.3) is 61.1 Å². The molecule has 8 aromatic rings. The lowest BCUT2D eigenvalue weighted by Crippen LogP contribution is -2.30. The smallest absolute Gasteiger partial charge is 0.268 e. The van der Waals surface area contributed by atoms with Crippen LogP contribution in [0.15, 0.2) is 140 Å². The summed E-state index contributed by atoms with van der Waals surface area (Å²) in [6, 6.07) is 45.6. The van der Waals surface area contributed by atoms with Gasteiger partial charge in [0.2, 0.25) is 0 Å². The average molecular weight is 648 g/mol. The molecule has 0 saturated carbocycles. The molecule has 0 radical (unpaired) electrons. The van der Waals surface area contributed by atoms with E-state index in [2.05, 4.69) is 37.7 Å². The average Bonchev–Trinajstić information content (AvgIpc) is 3.61. The van der Waals surface area contributed by atoms with Crippen LogP contribution >= 0.6 is 0 Å². The number of anilines is 1. The zero-order valence-corrected chi connectivity index (χ0v) is 27.3. The van der Waals surface area contributed by atoms with Gasteiger partial charge in [0.25, 0.3) is 11.8 Å². The van der Waals surface area contributed by atoms with E-state index in [1.54, 1.807) is 6.07 Å². The molecule has 0 atom stereocenters. The molecule has 0 aliphatic carbocycles. The normalized spacial score (nSPS) is 12.6. The molecule has 0 unspecified atom stereocenters. The number of fused-ring (bicyclic) bond motifs is 4. The van der Waals surface area contributed by atoms with Crippen molar-refractivity contribution >= 4 is 39.3 Å². The SMILES string of the molecule is Cc1nc(C)nc(-c2ccc3c4ccccc4n(-c4cccc5c4C(=O)N(c4cc(-c6ccccc6)ccc4-c4ccccc4)C5=O)c3c2)n1. The Morgan fingerprint density at radius 1 is 0.460 bits per heavy atom. The fraction of sp³-hybridized carbons (Fsp3) is 0.0465. The standard InChI is InChI=1S/C43H29N5O2/c1-26-44-27(2)46-41(45-26)31-21-23-34-33-16-9-10-18-36(33)47(39(34)25-31)37-19-11-17-35-40(37)43(50)48(42(35)49)38-24-30(28-12-5-3-6-13-28)20-22-32(38)29-14-7-4-8-15-29/h3-25H,1-2H3. The van der Waals surface area contributed by atoms with Crippen molar-refractivity contribution in [3.8, 4) is 39.3 Å². The van der Waals surface area contributed by atoms with Crippen molar-refractivity contribution in [1.82, 2.24) is 19.5 Å². The van der Waals surface area contributed by atoms with Gasteiger partial charge in [-0.05, 0) is 60.9 Å². The van der Waals surface area contributed by atoms with Crippen molar-refractivity contribution in [3.05, 3.63) is 162 Å². The Labute approximate surface area is 288 Å². The Morgan fingerprint density at radius 3 is 1.88 bits per heavy atom. The van der Waals surface area contributed by atoms with Gasteiger partial charge in [-0.1, -0.05) is 109 Å². The van der Waals surface area contributed by atoms with Gasteiger partial charge in [-0.2, -0.15) is 0 Å². The zero-order chi connectivity index (χ0) is 33.9. The van der Waals surface area contributed by atoms with Crippen molar-refractivity contribution in [1.29, 1.82) is 0 Å². The highest BCUT2D eigenvalue weighted by Crippen LogP contribution is 2.42. The molecule has 9 rings (SSSR count). The lowest BCUT2D eigenvalue weighted by Gasteiger charge is -2.20. The maximum Gasteiger partial charge on any atom is 0.268 e. The van der Waals surface area contributed by atoms with Crippen LogP contribution in [0.3, 0.4) is 0 Å². The number of hydrogen-bond donors (Lipinski definition) is 0. The number of aromatic nitrogens is 4. The molecule has 1 aliphatic heterocycles. The van der Waals surface area contributed by atoms with E-state index in [0.29, 0.717) is 40.0 Å². The van der Waals surface area contributed by atoms with Crippen LogP contribution in [0, 0.1) is 13.8 Å². The summed E-state index contributed by atoms with van der Waals surface area (Å²) in [7, 11) is 0. The van der Waals surface area contributed by atoms with Crippen molar-refractivity contribution in [3.63, 3.8) is 0 Å². The Balaban J connectivity index is 1.26. The van der Waals surface area contributed by atoms with Gasteiger partial charge in [-0.15, -0.1) is 0 Å². The van der Waals surface area contributed by atoms with Crippen LogP contribution in [-0.4, -0.2) is 31.3 Å². The fourth-order valence-electron chi connectivity index (χ4n) is 7.18. The number of amides is 2. The number of benzene rings is 6. The number of para-hydroxylation sites is 1. The summed E-state index contributed by atoms with van der Waals surface area (Å²) < 4.78 is 2.08. The highest BCUT2D eigenvalue weighted by molar-refractivity contribution is 6.36. The molecule has 2 amide bonds. The van der Waals surface area contributed by atoms with Gasteiger partial charge in [0.15, 0.2) is 5.82 Å². The van der Waals surface area contributed by atoms with Gasteiger partial charge in [0, 0.05) is 21.9 Å². The van der Waals surface area contributed by atoms with Crippen LogP contribution in [0.4, 0.5) is 5.69 Å². The van der Waals surface area contributed by atoms with Crippen LogP contribution in [0.1, 0.15) is 32.4 Å². The molecule has 2 aromatic heterocycles. The predicted octanol–water partition coefficient (Wildman–Crippen LogP) is 9.39. The summed E-state index contributed by atoms with van der Waals surface area (Å²) in [5.74, 6) is 1.14. The largest absolute Gasteiger partial charge is 0.308 e. The topological polar surface area (TPSA) is 81.0 Å². The first-order chi connectivity index (χ1) is 24.5. The van der Waals surface area contributed by atoms with Crippen LogP contribution in [-0.2, 0) is 0 Å². The minimum Gasteiger partial charge on any atom is -0.308 e. The van der Waals surface area contributed by atoms with E-state index in [9.17, 15) is 9.59 Å². The van der Waals surface area contributed by atoms with Gasteiger partial charge in [0.1, 0.15) is 11.6 Å². The number of carbonyl (C=O) groups is 2. The minimum atomic E-state index is -0.367. The molecule has 6 aromatic carbocycles. The Morgan fingerprint density at radius 2 is 1.12 bits per heavy atom. The number of aryl methyl sites for hydroxylation is 2. The van der Waals surface area contributed by atoms with Gasteiger partial charge in [0.05, 0.1) is 33.5 Å². The van der Waals surface area contributed by atoms with E-state index in [1.807, 2.05) is 129 Å². The van der Waals surface area contributed by atoms with E-state index in [4.69, 9.17) is 0 Å². The third-order valence-electron chi connectivity index (χ3n) is 9.36. The minimum absolute atomic E-state index is 0.355. The lowest BCUT2D eigenvalue weighted by atomic mass is 9.97. The second-order valence-electron chi connectivity index (χ2n) is 12.4. The summed E-state index contributed by atoms with van der Waals surface area (Å²) in [6.45, 7) is 3.71. The quantitative estimate of drug-likeness (QED) is 0.174. The highest BCUT2D eigenvalue weighted by Gasteiger charge is 2.40. The maximum absolute atomic E-state index is 14.9. The summed E-state index contributed by atoms with van der Waals surface area (Å²) in [5, 5.41) is 2.05. The molecular weight excluding hydrogens is 619 g/mol. The first kappa shape index (κ1) is 29.4. The monoisotopic (exact) mass is 647 g/mol. The van der Waals surface area contributed by atoms with E-state index >= 15 is 0 Å². The molecule has 238 valence electrons. The number of imide groups is 1.